The quantitative estimate of drug-likeness (QED) is 0.0798. The summed E-state index contributed by atoms with van der Waals surface area (Å²) in [5.74, 6) is -0.627. The fraction of sp³-hybridized carbons (Fsp3) is 0.0357. The number of halogens is 2. The maximum Gasteiger partial charge on any atom is 0.344 e. The van der Waals surface area contributed by atoms with Gasteiger partial charge in [0.05, 0.1) is 17.1 Å². The van der Waals surface area contributed by atoms with Crippen molar-refractivity contribution in [3.63, 3.8) is 0 Å². The number of hydrogen-bond acceptors (Lipinski definition) is 5. The average molecular weight is 653 g/mol. The number of ether oxygens (including phenoxy) is 2. The first-order valence-corrected chi connectivity index (χ1v) is 12.5. The molecule has 36 heavy (non-hydrogen) atoms. The maximum atomic E-state index is 13.0. The van der Waals surface area contributed by atoms with Gasteiger partial charge in [-0.3, -0.25) is 4.79 Å². The molecule has 0 aromatic heterocycles. The van der Waals surface area contributed by atoms with E-state index in [-0.39, 0.29) is 17.1 Å². The van der Waals surface area contributed by atoms with E-state index in [2.05, 4.69) is 43.8 Å². The van der Waals surface area contributed by atoms with E-state index in [1.807, 2.05) is 48.5 Å². The Bertz CT molecular complexity index is 1540. The molecule has 0 bridgehead atoms. The minimum Gasteiger partial charge on any atom is -0.493 e. The molecule has 0 saturated carbocycles. The Morgan fingerprint density at radius 3 is 2.47 bits per heavy atom. The highest BCUT2D eigenvalue weighted by Crippen LogP contribution is 2.38. The number of amides is 1. The van der Waals surface area contributed by atoms with Gasteiger partial charge in [0.1, 0.15) is 11.6 Å². The van der Waals surface area contributed by atoms with E-state index in [0.717, 1.165) is 14.3 Å². The molecule has 0 unspecified atom stereocenters. The standard InChI is InChI=1S/C28H18BrIN2O4/c1-35-25-15-17(13-19(16-31)27(33)32-21-11-9-20(30)10-12-21)14-24(29)26(25)36-28(34)23-8-4-6-18-5-2-3-7-22(18)23/h2-15H,1H3,(H,32,33)/b19-13+. The van der Waals surface area contributed by atoms with E-state index in [4.69, 9.17) is 9.47 Å². The molecule has 4 aromatic rings. The highest BCUT2D eigenvalue weighted by molar-refractivity contribution is 14.1. The van der Waals surface area contributed by atoms with Crippen LogP contribution in [0.15, 0.2) is 88.9 Å². The Morgan fingerprint density at radius 1 is 1.03 bits per heavy atom. The summed E-state index contributed by atoms with van der Waals surface area (Å²) in [4.78, 5) is 25.7. The van der Waals surface area contributed by atoms with Crippen molar-refractivity contribution in [3.05, 3.63) is 104 Å². The van der Waals surface area contributed by atoms with Crippen LogP contribution >= 0.6 is 38.5 Å². The van der Waals surface area contributed by atoms with Gasteiger partial charge in [-0.05, 0) is 103 Å². The molecule has 0 radical (unpaired) electrons. The van der Waals surface area contributed by atoms with Crippen LogP contribution in [0.4, 0.5) is 5.69 Å². The first-order valence-electron chi connectivity index (χ1n) is 10.7. The summed E-state index contributed by atoms with van der Waals surface area (Å²) in [7, 11) is 1.44. The second-order valence-corrected chi connectivity index (χ2v) is 9.68. The number of benzene rings is 4. The average Bonchev–Trinajstić information content (AvgIpc) is 2.89. The van der Waals surface area contributed by atoms with E-state index in [1.165, 1.54) is 13.2 Å². The molecule has 1 amide bonds. The Kier molecular flexibility index (Phi) is 8.03. The molecule has 1 N–H and O–H groups in total. The molecule has 0 atom stereocenters. The second-order valence-electron chi connectivity index (χ2n) is 7.58. The molecular weight excluding hydrogens is 635 g/mol. The molecule has 4 aromatic carbocycles. The van der Waals surface area contributed by atoms with Gasteiger partial charge in [0, 0.05) is 9.26 Å². The van der Waals surface area contributed by atoms with Gasteiger partial charge in [0.2, 0.25) is 0 Å². The summed E-state index contributed by atoms with van der Waals surface area (Å²) in [5.41, 5.74) is 1.42. The van der Waals surface area contributed by atoms with Gasteiger partial charge < -0.3 is 14.8 Å². The molecule has 6 nitrogen and oxygen atoms in total. The number of fused-ring (bicyclic) bond motifs is 1. The zero-order valence-corrected chi connectivity index (χ0v) is 22.7. The lowest BCUT2D eigenvalue weighted by molar-refractivity contribution is -0.112. The van der Waals surface area contributed by atoms with Crippen molar-refractivity contribution in [2.75, 3.05) is 12.4 Å². The molecule has 0 aliphatic heterocycles. The van der Waals surface area contributed by atoms with Gasteiger partial charge in [-0.1, -0.05) is 36.4 Å². The lowest BCUT2D eigenvalue weighted by Crippen LogP contribution is -2.13. The molecule has 0 heterocycles. The van der Waals surface area contributed by atoms with E-state index in [1.54, 1.807) is 36.4 Å². The van der Waals surface area contributed by atoms with Crippen LogP contribution in [-0.4, -0.2) is 19.0 Å². The normalized spacial score (nSPS) is 11.0. The summed E-state index contributed by atoms with van der Waals surface area (Å²) >= 11 is 5.60. The van der Waals surface area contributed by atoms with Crippen molar-refractivity contribution >= 4 is 72.9 Å². The third-order valence-electron chi connectivity index (χ3n) is 5.23. The van der Waals surface area contributed by atoms with Gasteiger partial charge >= 0.3 is 5.97 Å². The number of carbonyl (C=O) groups excluding carboxylic acids is 2. The van der Waals surface area contributed by atoms with Crippen LogP contribution in [0.25, 0.3) is 16.8 Å². The van der Waals surface area contributed by atoms with Crippen molar-refractivity contribution in [2.24, 2.45) is 0 Å². The number of carbonyl (C=O) groups is 2. The zero-order valence-electron chi connectivity index (χ0n) is 18.9. The molecule has 0 saturated heterocycles. The third-order valence-corrected chi connectivity index (χ3v) is 6.54. The Labute approximate surface area is 229 Å². The monoisotopic (exact) mass is 652 g/mol. The van der Waals surface area contributed by atoms with E-state index in [0.29, 0.717) is 21.3 Å². The van der Waals surface area contributed by atoms with Crippen molar-refractivity contribution in [1.82, 2.24) is 0 Å². The number of esters is 1. The van der Waals surface area contributed by atoms with E-state index < -0.39 is 11.9 Å². The van der Waals surface area contributed by atoms with E-state index >= 15 is 0 Å². The minimum atomic E-state index is -0.541. The lowest BCUT2D eigenvalue weighted by Gasteiger charge is -2.13. The van der Waals surface area contributed by atoms with Crippen molar-refractivity contribution in [3.8, 4) is 17.6 Å². The summed E-state index contributed by atoms with van der Waals surface area (Å²) in [5, 5.41) is 14.0. The number of nitrogens with one attached hydrogen (secondary N) is 1. The third kappa shape index (κ3) is 5.75. The molecule has 0 aliphatic carbocycles. The SMILES string of the molecule is COc1cc(/C=C(\C#N)C(=O)Nc2ccc(I)cc2)cc(Br)c1OC(=O)c1cccc2ccccc12. The number of rotatable bonds is 6. The van der Waals surface area contributed by atoms with Crippen LogP contribution < -0.4 is 14.8 Å². The van der Waals surface area contributed by atoms with Crippen molar-refractivity contribution in [1.29, 1.82) is 5.26 Å². The number of anilines is 1. The highest BCUT2D eigenvalue weighted by Gasteiger charge is 2.19. The molecule has 0 spiro atoms. The molecule has 4 rings (SSSR count). The molecule has 178 valence electrons. The van der Waals surface area contributed by atoms with Crippen LogP contribution in [0.1, 0.15) is 15.9 Å². The second kappa shape index (κ2) is 11.4. The van der Waals surface area contributed by atoms with Crippen LogP contribution in [0, 0.1) is 14.9 Å². The highest BCUT2D eigenvalue weighted by atomic mass is 127. The predicted octanol–water partition coefficient (Wildman–Crippen LogP) is 6.98. The van der Waals surface area contributed by atoms with Crippen molar-refractivity contribution in [2.45, 2.75) is 0 Å². The lowest BCUT2D eigenvalue weighted by atomic mass is 10.0. The molecule has 8 heteroatoms. The fourth-order valence-corrected chi connectivity index (χ4v) is 4.42. The van der Waals surface area contributed by atoms with Crippen LogP contribution in [0.3, 0.4) is 0 Å². The Hall–Kier alpha value is -3.68. The first-order chi connectivity index (χ1) is 17.4. The van der Waals surface area contributed by atoms with Gasteiger partial charge in [0.15, 0.2) is 11.5 Å². The summed E-state index contributed by atoms with van der Waals surface area (Å²) in [6, 6.07) is 25.3. The van der Waals surface area contributed by atoms with Crippen LogP contribution in [-0.2, 0) is 4.79 Å². The van der Waals surface area contributed by atoms with Gasteiger partial charge in [-0.25, -0.2) is 4.79 Å². The topological polar surface area (TPSA) is 88.4 Å². The molecular formula is C28H18BrIN2O4. The summed E-state index contributed by atoms with van der Waals surface area (Å²) in [6.07, 6.45) is 1.44. The van der Waals surface area contributed by atoms with Crippen LogP contribution in [0.2, 0.25) is 0 Å². The molecule has 0 fully saturated rings. The number of nitriles is 1. The Balaban J connectivity index is 1.61. The minimum absolute atomic E-state index is 0.0944. The first kappa shape index (κ1) is 25.4. The van der Waals surface area contributed by atoms with Gasteiger partial charge in [-0.15, -0.1) is 0 Å². The fourth-order valence-electron chi connectivity index (χ4n) is 3.52. The Morgan fingerprint density at radius 2 is 1.75 bits per heavy atom. The predicted molar refractivity (Wildman–Crippen MR) is 151 cm³/mol. The maximum absolute atomic E-state index is 13.0. The number of hydrogen-bond donors (Lipinski definition) is 1. The largest absolute Gasteiger partial charge is 0.493 e. The summed E-state index contributed by atoms with van der Waals surface area (Å²) in [6.45, 7) is 0. The number of methoxy groups -OCH3 is 1. The van der Waals surface area contributed by atoms with Gasteiger partial charge in [-0.2, -0.15) is 5.26 Å². The smallest absolute Gasteiger partial charge is 0.344 e. The van der Waals surface area contributed by atoms with Crippen LogP contribution in [0.5, 0.6) is 11.5 Å². The molecule has 0 aliphatic rings. The zero-order chi connectivity index (χ0) is 25.7. The van der Waals surface area contributed by atoms with Gasteiger partial charge in [0.25, 0.3) is 5.91 Å². The summed E-state index contributed by atoms with van der Waals surface area (Å²) < 4.78 is 12.6. The van der Waals surface area contributed by atoms with E-state index in [9.17, 15) is 14.9 Å². The number of nitrogens with zero attached hydrogens (tertiary/aromatic N) is 1. The van der Waals surface area contributed by atoms with Crippen molar-refractivity contribution < 1.29 is 19.1 Å².